The Bertz CT molecular complexity index is 89.1. The van der Waals surface area contributed by atoms with Crippen LogP contribution in [0.3, 0.4) is 0 Å². The molecule has 0 aliphatic rings. The van der Waals surface area contributed by atoms with E-state index in [0.717, 1.165) is 0 Å². The zero-order chi connectivity index (χ0) is 9.07. The predicted molar refractivity (Wildman–Crippen MR) is 57.4 cm³/mol. The van der Waals surface area contributed by atoms with Gasteiger partial charge in [0.05, 0.1) is 0 Å². The molecule has 0 aromatic rings. The largest absolute Gasteiger partial charge is 1.00 e. The molecule has 1 heteroatoms. The Morgan fingerprint density at radius 2 is 1.31 bits per heavy atom. The van der Waals surface area contributed by atoms with E-state index in [1.807, 2.05) is 6.08 Å². The Labute approximate surface area is 82.8 Å². The highest BCUT2D eigenvalue weighted by molar-refractivity contribution is 4.65. The fourth-order valence-corrected chi connectivity index (χ4v) is 1.42. The molecule has 0 spiro atoms. The van der Waals surface area contributed by atoms with Gasteiger partial charge in [0.1, 0.15) is 0 Å². The summed E-state index contributed by atoms with van der Waals surface area (Å²) >= 11 is 0. The third-order valence-corrected chi connectivity index (χ3v) is 2.26. The van der Waals surface area contributed by atoms with E-state index in [4.69, 9.17) is 0 Å². The van der Waals surface area contributed by atoms with E-state index in [0.29, 0.717) is 0 Å². The van der Waals surface area contributed by atoms with Crippen LogP contribution in [0.5, 0.6) is 0 Å². The Balaban J connectivity index is 0. The Kier molecular flexibility index (Phi) is 16.6. The SMILES string of the molecule is C=CCCCCCCCCCC.[F-]. The van der Waals surface area contributed by atoms with E-state index in [2.05, 4.69) is 13.5 Å². The smallest absolute Gasteiger partial charge is 0.0353 e. The van der Waals surface area contributed by atoms with Crippen molar-refractivity contribution in [3.8, 4) is 0 Å². The first-order valence-electron chi connectivity index (χ1n) is 5.52. The van der Waals surface area contributed by atoms with Crippen LogP contribution in [0.25, 0.3) is 0 Å². The highest BCUT2D eigenvalue weighted by atomic mass is 19.0. The van der Waals surface area contributed by atoms with E-state index in [9.17, 15) is 0 Å². The van der Waals surface area contributed by atoms with Crippen molar-refractivity contribution in [2.45, 2.75) is 64.7 Å². The lowest BCUT2D eigenvalue weighted by molar-refractivity contribution is -0.00000272. The molecule has 0 fully saturated rings. The Morgan fingerprint density at radius 1 is 0.846 bits per heavy atom. The van der Waals surface area contributed by atoms with Crippen molar-refractivity contribution in [1.82, 2.24) is 0 Å². The molecular formula is C12H24F-. The fourth-order valence-electron chi connectivity index (χ4n) is 1.42. The van der Waals surface area contributed by atoms with E-state index in [1.165, 1.54) is 57.8 Å². The molecule has 0 aliphatic heterocycles. The number of allylic oxidation sites excluding steroid dienone is 1. The summed E-state index contributed by atoms with van der Waals surface area (Å²) in [6, 6.07) is 0. The molecule has 0 heterocycles. The van der Waals surface area contributed by atoms with Gasteiger partial charge in [0.15, 0.2) is 0 Å². The summed E-state index contributed by atoms with van der Waals surface area (Å²) in [4.78, 5) is 0. The first-order valence-corrected chi connectivity index (χ1v) is 5.52. The van der Waals surface area contributed by atoms with Gasteiger partial charge in [-0.2, -0.15) is 0 Å². The first-order chi connectivity index (χ1) is 5.91. The van der Waals surface area contributed by atoms with Gasteiger partial charge in [-0.3, -0.25) is 0 Å². The molecule has 0 amide bonds. The predicted octanol–water partition coefficient (Wildman–Crippen LogP) is 1.71. The monoisotopic (exact) mass is 187 g/mol. The van der Waals surface area contributed by atoms with Gasteiger partial charge in [0, 0.05) is 0 Å². The van der Waals surface area contributed by atoms with Crippen LogP contribution in [-0.4, -0.2) is 0 Å². The second-order valence-corrected chi connectivity index (χ2v) is 3.55. The molecule has 0 unspecified atom stereocenters. The quantitative estimate of drug-likeness (QED) is 0.381. The number of rotatable bonds is 9. The lowest BCUT2D eigenvalue weighted by atomic mass is 10.1. The van der Waals surface area contributed by atoms with E-state index >= 15 is 0 Å². The van der Waals surface area contributed by atoms with Gasteiger partial charge in [0.25, 0.3) is 0 Å². The van der Waals surface area contributed by atoms with Crippen LogP contribution in [0.4, 0.5) is 0 Å². The van der Waals surface area contributed by atoms with E-state index in [-0.39, 0.29) is 4.70 Å². The number of hydrogen-bond donors (Lipinski definition) is 0. The van der Waals surface area contributed by atoms with Crippen molar-refractivity contribution < 1.29 is 4.70 Å². The maximum absolute atomic E-state index is 3.72. The number of hydrogen-bond acceptors (Lipinski definition) is 0. The summed E-state index contributed by atoms with van der Waals surface area (Å²) in [6.07, 6.45) is 14.5. The zero-order valence-corrected chi connectivity index (χ0v) is 9.03. The van der Waals surface area contributed by atoms with Gasteiger partial charge in [-0.1, -0.05) is 57.9 Å². The maximum atomic E-state index is 3.72. The van der Waals surface area contributed by atoms with Crippen molar-refractivity contribution >= 4 is 0 Å². The van der Waals surface area contributed by atoms with Crippen molar-refractivity contribution in [1.29, 1.82) is 0 Å². The van der Waals surface area contributed by atoms with Crippen LogP contribution in [0.2, 0.25) is 0 Å². The van der Waals surface area contributed by atoms with Crippen LogP contribution in [-0.2, 0) is 0 Å². The third kappa shape index (κ3) is 14.5. The molecular weight excluding hydrogens is 163 g/mol. The highest BCUT2D eigenvalue weighted by Gasteiger charge is 1.89. The lowest BCUT2D eigenvalue weighted by Gasteiger charge is -1.99. The summed E-state index contributed by atoms with van der Waals surface area (Å²) in [5.41, 5.74) is 0. The topological polar surface area (TPSA) is 0 Å². The van der Waals surface area contributed by atoms with Crippen LogP contribution >= 0.6 is 0 Å². The molecule has 0 saturated heterocycles. The number of unbranched alkanes of at least 4 members (excludes halogenated alkanes) is 8. The fraction of sp³-hybridized carbons (Fsp3) is 0.833. The molecule has 0 atom stereocenters. The average molecular weight is 187 g/mol. The standard InChI is InChI=1S/C12H24.FH/c1-3-5-7-9-11-12-10-8-6-4-2;/h3H,1,4-12H2,2H3;1H/p-1. The van der Waals surface area contributed by atoms with Crippen LogP contribution in [0, 0.1) is 0 Å². The minimum Gasteiger partial charge on any atom is -1.00 e. The van der Waals surface area contributed by atoms with Crippen molar-refractivity contribution in [3.05, 3.63) is 12.7 Å². The Morgan fingerprint density at radius 3 is 1.77 bits per heavy atom. The molecule has 0 bridgehead atoms. The van der Waals surface area contributed by atoms with Crippen LogP contribution in [0.1, 0.15) is 64.7 Å². The number of halogens is 1. The third-order valence-electron chi connectivity index (χ3n) is 2.26. The van der Waals surface area contributed by atoms with Gasteiger partial charge in [-0.05, 0) is 12.8 Å². The van der Waals surface area contributed by atoms with Crippen LogP contribution < -0.4 is 4.70 Å². The highest BCUT2D eigenvalue weighted by Crippen LogP contribution is 2.09. The molecule has 13 heavy (non-hydrogen) atoms. The summed E-state index contributed by atoms with van der Waals surface area (Å²) in [6.45, 7) is 5.99. The maximum Gasteiger partial charge on any atom is -0.0353 e. The molecule has 0 saturated carbocycles. The van der Waals surface area contributed by atoms with Gasteiger partial charge in [-0.15, -0.1) is 6.58 Å². The zero-order valence-electron chi connectivity index (χ0n) is 9.03. The minimum absolute atomic E-state index is 0. The lowest BCUT2D eigenvalue weighted by Crippen LogP contribution is -3.00. The summed E-state index contributed by atoms with van der Waals surface area (Å²) in [7, 11) is 0. The summed E-state index contributed by atoms with van der Waals surface area (Å²) < 4.78 is 0. The van der Waals surface area contributed by atoms with Gasteiger partial charge in [-0.25, -0.2) is 0 Å². The molecule has 0 aromatic heterocycles. The first kappa shape index (κ1) is 15.2. The normalized spacial score (nSPS) is 9.31. The minimum atomic E-state index is 0. The van der Waals surface area contributed by atoms with Crippen molar-refractivity contribution in [2.24, 2.45) is 0 Å². The molecule has 0 aliphatic carbocycles. The molecule has 0 N–H and O–H groups in total. The van der Waals surface area contributed by atoms with Crippen molar-refractivity contribution in [2.75, 3.05) is 0 Å². The van der Waals surface area contributed by atoms with Gasteiger partial charge < -0.3 is 4.70 Å². The van der Waals surface area contributed by atoms with Crippen molar-refractivity contribution in [3.63, 3.8) is 0 Å². The molecule has 0 radical (unpaired) electrons. The summed E-state index contributed by atoms with van der Waals surface area (Å²) in [5, 5.41) is 0. The van der Waals surface area contributed by atoms with Gasteiger partial charge >= 0.3 is 0 Å². The summed E-state index contributed by atoms with van der Waals surface area (Å²) in [5.74, 6) is 0. The molecule has 0 nitrogen and oxygen atoms in total. The Hall–Kier alpha value is -0.330. The average Bonchev–Trinajstić information content (AvgIpc) is 2.10. The van der Waals surface area contributed by atoms with E-state index in [1.54, 1.807) is 0 Å². The van der Waals surface area contributed by atoms with E-state index < -0.39 is 0 Å². The molecule has 0 aromatic carbocycles. The molecule has 0 rings (SSSR count). The van der Waals surface area contributed by atoms with Crippen LogP contribution in [0.15, 0.2) is 12.7 Å². The van der Waals surface area contributed by atoms with Gasteiger partial charge in [0.2, 0.25) is 0 Å². The second-order valence-electron chi connectivity index (χ2n) is 3.55. The second kappa shape index (κ2) is 14.2. The molecule has 80 valence electrons.